The first kappa shape index (κ1) is 9.53. The molecule has 0 saturated carbocycles. The van der Waals surface area contributed by atoms with Gasteiger partial charge in [0.25, 0.3) is 11.4 Å². The smallest absolute Gasteiger partial charge is 0.278 e. The highest BCUT2D eigenvalue weighted by atomic mass is 16.5. The monoisotopic (exact) mass is 207 g/mol. The van der Waals surface area contributed by atoms with Crippen LogP contribution in [-0.2, 0) is 6.54 Å². The number of hydrogen-bond acceptors (Lipinski definition) is 6. The number of aromatic amines is 1. The van der Waals surface area contributed by atoms with E-state index < -0.39 is 0 Å². The molecule has 0 saturated heterocycles. The van der Waals surface area contributed by atoms with Crippen molar-refractivity contribution < 1.29 is 4.52 Å². The highest BCUT2D eigenvalue weighted by Crippen LogP contribution is 2.11. The van der Waals surface area contributed by atoms with Crippen LogP contribution in [0.4, 0.5) is 0 Å². The molecular formula is C8H9N5O2. The van der Waals surface area contributed by atoms with Crippen molar-refractivity contribution in [1.29, 1.82) is 0 Å². The Balaban J connectivity index is 2.29. The second kappa shape index (κ2) is 4.01. The molecule has 0 amide bonds. The lowest BCUT2D eigenvalue weighted by atomic mass is 10.4. The SMILES string of the molecule is CNCc1noc(-c2ccc(=O)[nH]n2)n1. The minimum Gasteiger partial charge on any atom is -0.332 e. The summed E-state index contributed by atoms with van der Waals surface area (Å²) in [5, 5.41) is 12.7. The Morgan fingerprint density at radius 3 is 3.07 bits per heavy atom. The van der Waals surface area contributed by atoms with Gasteiger partial charge in [-0.05, 0) is 13.1 Å². The fourth-order valence-corrected chi connectivity index (χ4v) is 1.05. The maximum atomic E-state index is 10.8. The van der Waals surface area contributed by atoms with Crippen LogP contribution in [0.2, 0.25) is 0 Å². The highest BCUT2D eigenvalue weighted by molar-refractivity contribution is 5.44. The molecule has 0 aliphatic rings. The summed E-state index contributed by atoms with van der Waals surface area (Å²) in [7, 11) is 1.79. The van der Waals surface area contributed by atoms with E-state index in [1.165, 1.54) is 12.1 Å². The van der Waals surface area contributed by atoms with Gasteiger partial charge in [0.15, 0.2) is 5.82 Å². The van der Waals surface area contributed by atoms with Crippen LogP contribution in [0.5, 0.6) is 0 Å². The van der Waals surface area contributed by atoms with E-state index in [-0.39, 0.29) is 11.4 Å². The molecule has 0 aromatic carbocycles. The molecule has 0 bridgehead atoms. The Labute approximate surface area is 84.5 Å². The molecular weight excluding hydrogens is 198 g/mol. The van der Waals surface area contributed by atoms with Gasteiger partial charge in [-0.1, -0.05) is 5.16 Å². The largest absolute Gasteiger partial charge is 0.332 e. The summed E-state index contributed by atoms with van der Waals surface area (Å²) in [5.74, 6) is 0.831. The lowest BCUT2D eigenvalue weighted by Crippen LogP contribution is -2.07. The number of aromatic nitrogens is 4. The van der Waals surface area contributed by atoms with Crippen molar-refractivity contribution in [3.05, 3.63) is 28.3 Å². The second-order valence-corrected chi connectivity index (χ2v) is 2.85. The number of rotatable bonds is 3. The van der Waals surface area contributed by atoms with Crippen molar-refractivity contribution in [3.8, 4) is 11.6 Å². The van der Waals surface area contributed by atoms with Crippen LogP contribution in [0.3, 0.4) is 0 Å². The first-order valence-electron chi connectivity index (χ1n) is 4.33. The number of nitrogens with one attached hydrogen (secondary N) is 2. The third-order valence-corrected chi connectivity index (χ3v) is 1.70. The molecule has 0 aliphatic carbocycles. The van der Waals surface area contributed by atoms with E-state index in [4.69, 9.17) is 4.52 Å². The summed E-state index contributed by atoms with van der Waals surface area (Å²) in [6.07, 6.45) is 0. The number of nitrogens with zero attached hydrogens (tertiary/aromatic N) is 3. The van der Waals surface area contributed by atoms with Gasteiger partial charge in [-0.15, -0.1) is 0 Å². The molecule has 2 aromatic heterocycles. The second-order valence-electron chi connectivity index (χ2n) is 2.85. The Hall–Kier alpha value is -2.02. The lowest BCUT2D eigenvalue weighted by molar-refractivity contribution is 0.419. The fraction of sp³-hybridized carbons (Fsp3) is 0.250. The third-order valence-electron chi connectivity index (χ3n) is 1.70. The van der Waals surface area contributed by atoms with Crippen molar-refractivity contribution in [2.75, 3.05) is 7.05 Å². The zero-order valence-electron chi connectivity index (χ0n) is 8.02. The van der Waals surface area contributed by atoms with Crippen LogP contribution in [-0.4, -0.2) is 27.4 Å². The summed E-state index contributed by atoms with van der Waals surface area (Å²) in [6.45, 7) is 0.521. The number of H-pyrrole nitrogens is 1. The molecule has 0 radical (unpaired) electrons. The van der Waals surface area contributed by atoms with E-state index in [1.54, 1.807) is 7.05 Å². The van der Waals surface area contributed by atoms with Gasteiger partial charge >= 0.3 is 0 Å². The van der Waals surface area contributed by atoms with Gasteiger partial charge in [-0.25, -0.2) is 5.10 Å². The minimum absolute atomic E-state index is 0.270. The summed E-state index contributed by atoms with van der Waals surface area (Å²) in [5.41, 5.74) is 0.179. The average Bonchev–Trinajstić information content (AvgIpc) is 2.68. The molecule has 7 nitrogen and oxygen atoms in total. The van der Waals surface area contributed by atoms with Gasteiger partial charge in [-0.2, -0.15) is 10.1 Å². The standard InChI is InChI=1S/C8H9N5O2/c1-9-4-6-10-8(15-13-6)5-2-3-7(14)12-11-5/h2-3,9H,4H2,1H3,(H,12,14). The third kappa shape index (κ3) is 2.08. The zero-order chi connectivity index (χ0) is 10.7. The van der Waals surface area contributed by atoms with E-state index in [0.717, 1.165) is 0 Å². The Kier molecular flexibility index (Phi) is 2.55. The first-order valence-corrected chi connectivity index (χ1v) is 4.33. The Bertz CT molecular complexity index is 483. The molecule has 15 heavy (non-hydrogen) atoms. The van der Waals surface area contributed by atoms with Gasteiger partial charge in [0.1, 0.15) is 5.69 Å². The fourth-order valence-electron chi connectivity index (χ4n) is 1.05. The van der Waals surface area contributed by atoms with Gasteiger partial charge in [0.05, 0.1) is 6.54 Å². The Morgan fingerprint density at radius 2 is 2.40 bits per heavy atom. The van der Waals surface area contributed by atoms with Gasteiger partial charge in [-0.3, -0.25) is 4.79 Å². The predicted octanol–water partition coefficient (Wildman–Crippen LogP) is -0.461. The van der Waals surface area contributed by atoms with E-state index in [9.17, 15) is 4.79 Å². The molecule has 0 unspecified atom stereocenters. The van der Waals surface area contributed by atoms with E-state index in [2.05, 4.69) is 25.7 Å². The van der Waals surface area contributed by atoms with E-state index in [1.807, 2.05) is 0 Å². The highest BCUT2D eigenvalue weighted by Gasteiger charge is 2.08. The quantitative estimate of drug-likeness (QED) is 0.706. The average molecular weight is 207 g/mol. The predicted molar refractivity (Wildman–Crippen MR) is 50.9 cm³/mol. The van der Waals surface area contributed by atoms with Gasteiger partial charge in [0.2, 0.25) is 0 Å². The molecule has 2 N–H and O–H groups in total. The maximum absolute atomic E-state index is 10.8. The normalized spacial score (nSPS) is 10.5. The molecule has 2 heterocycles. The molecule has 0 fully saturated rings. The van der Waals surface area contributed by atoms with Gasteiger partial charge < -0.3 is 9.84 Å². The lowest BCUT2D eigenvalue weighted by Gasteiger charge is -1.89. The molecule has 78 valence electrons. The van der Waals surface area contributed by atoms with Crippen LogP contribution < -0.4 is 10.9 Å². The zero-order valence-corrected chi connectivity index (χ0v) is 8.02. The van der Waals surface area contributed by atoms with Crippen LogP contribution in [0.15, 0.2) is 21.5 Å². The molecule has 2 aromatic rings. The minimum atomic E-state index is -0.270. The van der Waals surface area contributed by atoms with Crippen LogP contribution in [0.25, 0.3) is 11.6 Å². The summed E-state index contributed by atoms with van der Waals surface area (Å²) >= 11 is 0. The van der Waals surface area contributed by atoms with Crippen molar-refractivity contribution in [3.63, 3.8) is 0 Å². The van der Waals surface area contributed by atoms with Crippen molar-refractivity contribution in [2.24, 2.45) is 0 Å². The summed E-state index contributed by atoms with van der Waals surface area (Å²) in [4.78, 5) is 14.8. The van der Waals surface area contributed by atoms with E-state index >= 15 is 0 Å². The van der Waals surface area contributed by atoms with Gasteiger partial charge in [0, 0.05) is 6.07 Å². The van der Waals surface area contributed by atoms with Crippen molar-refractivity contribution in [2.45, 2.75) is 6.54 Å². The topological polar surface area (TPSA) is 96.7 Å². The molecule has 7 heteroatoms. The maximum Gasteiger partial charge on any atom is 0.278 e. The van der Waals surface area contributed by atoms with Crippen LogP contribution in [0, 0.1) is 0 Å². The van der Waals surface area contributed by atoms with E-state index in [0.29, 0.717) is 18.1 Å². The first-order chi connectivity index (χ1) is 7.29. The summed E-state index contributed by atoms with van der Waals surface area (Å²) in [6, 6.07) is 2.87. The molecule has 0 atom stereocenters. The number of hydrogen-bond donors (Lipinski definition) is 2. The molecule has 0 aliphatic heterocycles. The molecule has 2 rings (SSSR count). The Morgan fingerprint density at radius 1 is 1.53 bits per heavy atom. The van der Waals surface area contributed by atoms with Crippen molar-refractivity contribution in [1.82, 2.24) is 25.7 Å². The summed E-state index contributed by atoms with van der Waals surface area (Å²) < 4.78 is 4.96. The van der Waals surface area contributed by atoms with Crippen LogP contribution >= 0.6 is 0 Å². The van der Waals surface area contributed by atoms with Crippen molar-refractivity contribution >= 4 is 0 Å². The molecule has 0 spiro atoms. The van der Waals surface area contributed by atoms with Crippen LogP contribution in [0.1, 0.15) is 5.82 Å².